The maximum atomic E-state index is 12.9. The molecule has 1 unspecified atom stereocenters. The Labute approximate surface area is 208 Å². The summed E-state index contributed by atoms with van der Waals surface area (Å²) in [6.45, 7) is 10.2. The largest absolute Gasteiger partial charge is 0.496 e. The highest BCUT2D eigenvalue weighted by atomic mass is 16.5. The van der Waals surface area contributed by atoms with Gasteiger partial charge in [-0.2, -0.15) is 0 Å². The molecule has 0 aliphatic carbocycles. The van der Waals surface area contributed by atoms with Crippen LogP contribution in [0.2, 0.25) is 0 Å². The van der Waals surface area contributed by atoms with Crippen LogP contribution in [0.4, 0.5) is 10.5 Å². The number of carbonyl (C=O) groups excluding carboxylic acids is 3. The molecule has 194 valence electrons. The average molecular weight is 489 g/mol. The first-order valence-corrected chi connectivity index (χ1v) is 12.5. The summed E-state index contributed by atoms with van der Waals surface area (Å²) in [5.74, 6) is -0.0825. The number of esters is 2. The van der Waals surface area contributed by atoms with Crippen LogP contribution in [-0.2, 0) is 27.3 Å². The Morgan fingerprint density at radius 2 is 1.94 bits per heavy atom. The third-order valence-electron chi connectivity index (χ3n) is 6.54. The number of unbranched alkanes of at least 4 members (excludes halogenated alkanes) is 1. The number of hydrogen-bond acceptors (Lipinski definition) is 6. The SMILES string of the molecule is CCCCC(CC)N(C(N)=O)c1c(CC=C(C)CCC(=O)OCC)c(OC)c(C)c2c1C(=O)OC2. The van der Waals surface area contributed by atoms with Crippen LogP contribution in [0.1, 0.15) is 93.3 Å². The number of fused-ring (bicyclic) bond motifs is 1. The molecule has 0 bridgehead atoms. The van der Waals surface area contributed by atoms with E-state index in [0.717, 1.165) is 36.0 Å². The molecule has 1 aromatic rings. The van der Waals surface area contributed by atoms with Crippen molar-refractivity contribution in [3.8, 4) is 5.75 Å². The van der Waals surface area contributed by atoms with Gasteiger partial charge in [0.15, 0.2) is 0 Å². The van der Waals surface area contributed by atoms with Crippen LogP contribution in [0.15, 0.2) is 11.6 Å². The number of amides is 2. The van der Waals surface area contributed by atoms with Crippen LogP contribution < -0.4 is 15.4 Å². The van der Waals surface area contributed by atoms with Gasteiger partial charge in [0.1, 0.15) is 12.4 Å². The smallest absolute Gasteiger partial charge is 0.341 e. The molecule has 1 heterocycles. The zero-order valence-electron chi connectivity index (χ0n) is 22.0. The van der Waals surface area contributed by atoms with Gasteiger partial charge in [-0.25, -0.2) is 9.59 Å². The second-order valence-electron chi connectivity index (χ2n) is 8.89. The van der Waals surface area contributed by atoms with Crippen molar-refractivity contribution in [2.24, 2.45) is 5.73 Å². The lowest BCUT2D eigenvalue weighted by molar-refractivity contribution is -0.143. The quantitative estimate of drug-likeness (QED) is 0.296. The van der Waals surface area contributed by atoms with E-state index in [0.29, 0.717) is 48.4 Å². The Morgan fingerprint density at radius 3 is 2.51 bits per heavy atom. The van der Waals surface area contributed by atoms with Gasteiger partial charge in [-0.1, -0.05) is 38.3 Å². The molecule has 8 heteroatoms. The van der Waals surface area contributed by atoms with Gasteiger partial charge in [-0.3, -0.25) is 9.69 Å². The van der Waals surface area contributed by atoms with Crippen molar-refractivity contribution >= 4 is 23.7 Å². The van der Waals surface area contributed by atoms with Gasteiger partial charge in [0.25, 0.3) is 0 Å². The van der Waals surface area contributed by atoms with E-state index in [1.54, 1.807) is 18.9 Å². The van der Waals surface area contributed by atoms with E-state index in [4.69, 9.17) is 19.9 Å². The number of allylic oxidation sites excluding steroid dienone is 2. The molecule has 0 radical (unpaired) electrons. The molecule has 8 nitrogen and oxygen atoms in total. The number of nitrogens with zero attached hydrogens (tertiary/aromatic N) is 1. The Morgan fingerprint density at radius 1 is 1.23 bits per heavy atom. The fourth-order valence-electron chi connectivity index (χ4n) is 4.63. The summed E-state index contributed by atoms with van der Waals surface area (Å²) < 4.78 is 16.2. The summed E-state index contributed by atoms with van der Waals surface area (Å²) in [5, 5.41) is 0. The van der Waals surface area contributed by atoms with Crippen molar-refractivity contribution in [3.63, 3.8) is 0 Å². The third kappa shape index (κ3) is 6.55. The molecule has 0 saturated heterocycles. The number of methoxy groups -OCH3 is 1. The van der Waals surface area contributed by atoms with Gasteiger partial charge >= 0.3 is 18.0 Å². The minimum atomic E-state index is -0.606. The van der Waals surface area contributed by atoms with Crippen molar-refractivity contribution in [1.82, 2.24) is 0 Å². The van der Waals surface area contributed by atoms with Gasteiger partial charge < -0.3 is 19.9 Å². The number of ether oxygens (including phenoxy) is 3. The number of benzene rings is 1. The summed E-state index contributed by atoms with van der Waals surface area (Å²) in [4.78, 5) is 39.1. The van der Waals surface area contributed by atoms with Crippen LogP contribution in [0.5, 0.6) is 5.75 Å². The Kier molecular flexibility index (Phi) is 10.6. The van der Waals surface area contributed by atoms with Crippen molar-refractivity contribution in [3.05, 3.63) is 33.9 Å². The molecule has 0 spiro atoms. The second kappa shape index (κ2) is 13.2. The van der Waals surface area contributed by atoms with Crippen LogP contribution in [0, 0.1) is 6.92 Å². The molecular weight excluding hydrogens is 448 g/mol. The molecule has 0 saturated carbocycles. The number of hydrogen-bond donors (Lipinski definition) is 1. The summed E-state index contributed by atoms with van der Waals surface area (Å²) in [6.07, 6.45) is 6.62. The molecular formula is C27H40N2O6. The molecule has 1 aliphatic heterocycles. The molecule has 35 heavy (non-hydrogen) atoms. The fraction of sp³-hybridized carbons (Fsp3) is 0.593. The summed E-state index contributed by atoms with van der Waals surface area (Å²) >= 11 is 0. The Hall–Kier alpha value is -3.03. The van der Waals surface area contributed by atoms with E-state index in [9.17, 15) is 14.4 Å². The van der Waals surface area contributed by atoms with Gasteiger partial charge in [-0.15, -0.1) is 0 Å². The third-order valence-corrected chi connectivity index (χ3v) is 6.54. The Balaban J connectivity index is 2.64. The standard InChI is InChI=1S/C27H40N2O6/c1-7-10-11-19(8-2)29(27(28)32)24-20(14-12-17(4)13-15-22(30)34-9-3)25(33-6)18(5)21-16-35-26(31)23(21)24/h12,19H,7-11,13-16H2,1-6H3,(H2,28,32). The van der Waals surface area contributed by atoms with E-state index in [-0.39, 0.29) is 25.0 Å². The first kappa shape index (κ1) is 28.2. The van der Waals surface area contributed by atoms with Crippen molar-refractivity contribution in [2.45, 2.75) is 92.2 Å². The molecule has 0 aromatic heterocycles. The van der Waals surface area contributed by atoms with Crippen LogP contribution in [0.3, 0.4) is 0 Å². The maximum Gasteiger partial charge on any atom is 0.341 e. The van der Waals surface area contributed by atoms with E-state index >= 15 is 0 Å². The maximum absolute atomic E-state index is 12.9. The lowest BCUT2D eigenvalue weighted by Gasteiger charge is -2.33. The molecule has 0 fully saturated rings. The first-order valence-electron chi connectivity index (χ1n) is 12.5. The average Bonchev–Trinajstić information content (AvgIpc) is 3.21. The van der Waals surface area contributed by atoms with Gasteiger partial charge in [0.05, 0.1) is 25.0 Å². The first-order chi connectivity index (χ1) is 16.7. The van der Waals surface area contributed by atoms with Crippen molar-refractivity contribution < 1.29 is 28.6 Å². The zero-order chi connectivity index (χ0) is 26.1. The highest BCUT2D eigenvalue weighted by molar-refractivity contribution is 6.06. The van der Waals surface area contributed by atoms with E-state index < -0.39 is 12.0 Å². The normalized spacial score (nSPS) is 13.8. The predicted molar refractivity (Wildman–Crippen MR) is 136 cm³/mol. The van der Waals surface area contributed by atoms with Crippen molar-refractivity contribution in [1.29, 1.82) is 0 Å². The van der Waals surface area contributed by atoms with Gasteiger partial charge in [-0.05, 0) is 52.0 Å². The Bertz CT molecular complexity index is 969. The number of primary amides is 1. The minimum absolute atomic E-state index is 0.135. The number of carbonyl (C=O) groups is 3. The van der Waals surface area contributed by atoms with Gasteiger partial charge in [0.2, 0.25) is 0 Å². The lowest BCUT2D eigenvalue weighted by Crippen LogP contribution is -2.45. The monoisotopic (exact) mass is 488 g/mol. The molecule has 2 rings (SSSR count). The number of urea groups is 1. The second-order valence-corrected chi connectivity index (χ2v) is 8.89. The minimum Gasteiger partial charge on any atom is -0.496 e. The van der Waals surface area contributed by atoms with Crippen LogP contribution in [0.25, 0.3) is 0 Å². The highest BCUT2D eigenvalue weighted by Gasteiger charge is 2.37. The molecule has 1 atom stereocenters. The summed E-state index contributed by atoms with van der Waals surface area (Å²) in [7, 11) is 1.58. The molecule has 1 aliphatic rings. The van der Waals surface area contributed by atoms with Crippen molar-refractivity contribution in [2.75, 3.05) is 18.6 Å². The summed E-state index contributed by atoms with van der Waals surface area (Å²) in [5.41, 5.74) is 10.1. The van der Waals surface area contributed by atoms with Gasteiger partial charge in [0, 0.05) is 23.6 Å². The zero-order valence-corrected chi connectivity index (χ0v) is 22.0. The van der Waals surface area contributed by atoms with Crippen LogP contribution >= 0.6 is 0 Å². The molecule has 2 amide bonds. The number of rotatable bonds is 13. The lowest BCUT2D eigenvalue weighted by atomic mass is 9.91. The van der Waals surface area contributed by atoms with Crippen LogP contribution in [-0.4, -0.2) is 37.7 Å². The topological polar surface area (TPSA) is 108 Å². The predicted octanol–water partition coefficient (Wildman–Crippen LogP) is 5.36. The number of anilines is 1. The fourth-order valence-corrected chi connectivity index (χ4v) is 4.63. The highest BCUT2D eigenvalue weighted by Crippen LogP contribution is 2.44. The van der Waals surface area contributed by atoms with E-state index in [1.165, 1.54) is 0 Å². The number of cyclic esters (lactones) is 1. The number of nitrogens with two attached hydrogens (primary N) is 1. The van der Waals surface area contributed by atoms with E-state index in [1.807, 2.05) is 26.8 Å². The molecule has 1 aromatic carbocycles. The summed E-state index contributed by atoms with van der Waals surface area (Å²) in [6, 6.07) is -0.768. The van der Waals surface area contributed by atoms with E-state index in [2.05, 4.69) is 6.92 Å². The molecule has 2 N–H and O–H groups in total.